The Bertz CT molecular complexity index is 344. The molecule has 19 heavy (non-hydrogen) atoms. The molecule has 0 saturated heterocycles. The van der Waals surface area contributed by atoms with Gasteiger partial charge in [0.15, 0.2) is 0 Å². The molecule has 2 heteroatoms. The summed E-state index contributed by atoms with van der Waals surface area (Å²) in [4.78, 5) is 2.53. The highest BCUT2D eigenvalue weighted by atomic mass is 15.1. The molecule has 1 N–H and O–H groups in total. The molecule has 0 spiro atoms. The van der Waals surface area contributed by atoms with Gasteiger partial charge in [0.25, 0.3) is 0 Å². The van der Waals surface area contributed by atoms with Crippen LogP contribution in [-0.2, 0) is 0 Å². The van der Waals surface area contributed by atoms with E-state index in [9.17, 15) is 0 Å². The van der Waals surface area contributed by atoms with Gasteiger partial charge in [-0.1, -0.05) is 44.2 Å². The van der Waals surface area contributed by atoms with Crippen molar-refractivity contribution < 1.29 is 0 Å². The lowest BCUT2D eigenvalue weighted by Gasteiger charge is -2.37. The fourth-order valence-corrected chi connectivity index (χ4v) is 2.95. The van der Waals surface area contributed by atoms with Crippen molar-refractivity contribution in [1.82, 2.24) is 10.2 Å². The van der Waals surface area contributed by atoms with Gasteiger partial charge in [-0.25, -0.2) is 0 Å². The first-order chi connectivity index (χ1) is 9.33. The summed E-state index contributed by atoms with van der Waals surface area (Å²) in [5.74, 6) is 0.789. The van der Waals surface area contributed by atoms with Crippen molar-refractivity contribution in [2.45, 2.75) is 45.1 Å². The second kappa shape index (κ2) is 7.66. The maximum Gasteiger partial charge on any atom is 0.0107 e. The summed E-state index contributed by atoms with van der Waals surface area (Å²) in [6.45, 7) is 9.25. The van der Waals surface area contributed by atoms with Crippen molar-refractivity contribution in [3.8, 4) is 0 Å². The Morgan fingerprint density at radius 2 is 1.84 bits per heavy atom. The molecule has 0 amide bonds. The largest absolute Gasteiger partial charge is 0.313 e. The molecule has 2 nitrogen and oxygen atoms in total. The molecule has 0 heterocycles. The second-order valence-electron chi connectivity index (χ2n) is 5.66. The van der Waals surface area contributed by atoms with E-state index < -0.39 is 0 Å². The third-order valence-electron chi connectivity index (χ3n) is 4.26. The molecule has 1 saturated carbocycles. The highest BCUT2D eigenvalue weighted by Gasteiger charge is 2.29. The van der Waals surface area contributed by atoms with Gasteiger partial charge in [-0.15, -0.1) is 0 Å². The Morgan fingerprint density at radius 1 is 1.11 bits per heavy atom. The van der Waals surface area contributed by atoms with Crippen LogP contribution in [0.5, 0.6) is 0 Å². The number of nitrogens with one attached hydrogen (secondary N) is 1. The van der Waals surface area contributed by atoms with Gasteiger partial charge in [0.05, 0.1) is 0 Å². The van der Waals surface area contributed by atoms with Gasteiger partial charge in [0.1, 0.15) is 0 Å². The summed E-state index contributed by atoms with van der Waals surface area (Å²) in [7, 11) is 0. The number of hydrogen-bond acceptors (Lipinski definition) is 2. The van der Waals surface area contributed by atoms with Crippen LogP contribution in [0.15, 0.2) is 30.3 Å². The molecule has 106 valence electrons. The minimum absolute atomic E-state index is 0.741. The fraction of sp³-hybridized carbons (Fsp3) is 0.647. The Hall–Kier alpha value is -0.860. The molecule has 2 rings (SSSR count). The average molecular weight is 260 g/mol. The molecule has 0 atom stereocenters. The summed E-state index contributed by atoms with van der Waals surface area (Å²) in [5, 5.41) is 3.70. The molecule has 0 radical (unpaired) electrons. The molecule has 0 unspecified atom stereocenters. The quantitative estimate of drug-likeness (QED) is 0.772. The van der Waals surface area contributed by atoms with Crippen molar-refractivity contribution in [3.63, 3.8) is 0 Å². The van der Waals surface area contributed by atoms with Crippen molar-refractivity contribution in [1.29, 1.82) is 0 Å². The van der Waals surface area contributed by atoms with Gasteiger partial charge in [0, 0.05) is 19.1 Å². The minimum atomic E-state index is 0.741. The van der Waals surface area contributed by atoms with E-state index in [1.165, 1.54) is 44.5 Å². The number of hydrogen-bond donors (Lipinski definition) is 1. The van der Waals surface area contributed by atoms with E-state index >= 15 is 0 Å². The summed E-state index contributed by atoms with van der Waals surface area (Å²) >= 11 is 0. The number of nitrogens with zero attached hydrogens (tertiary/aromatic N) is 1. The number of rotatable bonds is 8. The molecule has 0 aliphatic heterocycles. The SMILES string of the molecule is CCCN(CC)CCNC1CC(c2ccccc2)C1. The van der Waals surface area contributed by atoms with E-state index in [0.29, 0.717) is 0 Å². The zero-order chi connectivity index (χ0) is 13.5. The highest BCUT2D eigenvalue weighted by molar-refractivity contribution is 5.22. The molecule has 0 bridgehead atoms. The van der Waals surface area contributed by atoms with E-state index in [4.69, 9.17) is 0 Å². The summed E-state index contributed by atoms with van der Waals surface area (Å²) in [6.07, 6.45) is 3.88. The molecule has 1 aliphatic carbocycles. The van der Waals surface area contributed by atoms with Crippen LogP contribution in [0.4, 0.5) is 0 Å². The topological polar surface area (TPSA) is 15.3 Å². The summed E-state index contributed by atoms with van der Waals surface area (Å²) in [5.41, 5.74) is 1.52. The molecule has 1 aromatic rings. The third kappa shape index (κ3) is 4.32. The van der Waals surface area contributed by atoms with Crippen LogP contribution < -0.4 is 5.32 Å². The van der Waals surface area contributed by atoms with Gasteiger partial charge in [-0.2, -0.15) is 0 Å². The van der Waals surface area contributed by atoms with E-state index in [1.807, 2.05) is 0 Å². The zero-order valence-electron chi connectivity index (χ0n) is 12.4. The summed E-state index contributed by atoms with van der Waals surface area (Å²) in [6, 6.07) is 11.7. The Balaban J connectivity index is 1.60. The number of benzene rings is 1. The van der Waals surface area contributed by atoms with Gasteiger partial charge >= 0.3 is 0 Å². The van der Waals surface area contributed by atoms with E-state index in [0.717, 1.165) is 18.5 Å². The van der Waals surface area contributed by atoms with Gasteiger partial charge in [0.2, 0.25) is 0 Å². The van der Waals surface area contributed by atoms with Crippen LogP contribution in [0.2, 0.25) is 0 Å². The molecular formula is C17H28N2. The standard InChI is InChI=1S/C17H28N2/c1-3-11-19(4-2)12-10-18-17-13-16(14-17)15-8-6-5-7-9-15/h5-9,16-18H,3-4,10-14H2,1-2H3. The lowest BCUT2D eigenvalue weighted by atomic mass is 9.76. The molecular weight excluding hydrogens is 232 g/mol. The van der Waals surface area contributed by atoms with Crippen LogP contribution in [0.25, 0.3) is 0 Å². The maximum atomic E-state index is 3.70. The highest BCUT2D eigenvalue weighted by Crippen LogP contribution is 2.36. The first-order valence-corrected chi connectivity index (χ1v) is 7.84. The monoisotopic (exact) mass is 260 g/mol. The first kappa shape index (κ1) is 14.5. The first-order valence-electron chi connectivity index (χ1n) is 7.84. The Labute approximate surface area is 118 Å². The molecule has 1 aromatic carbocycles. The van der Waals surface area contributed by atoms with Crippen LogP contribution in [0, 0.1) is 0 Å². The predicted molar refractivity (Wildman–Crippen MR) is 82.6 cm³/mol. The van der Waals surface area contributed by atoms with Crippen molar-refractivity contribution in [3.05, 3.63) is 35.9 Å². The zero-order valence-corrected chi connectivity index (χ0v) is 12.4. The third-order valence-corrected chi connectivity index (χ3v) is 4.26. The van der Waals surface area contributed by atoms with Gasteiger partial charge < -0.3 is 10.2 Å². The fourth-order valence-electron chi connectivity index (χ4n) is 2.95. The average Bonchev–Trinajstić information content (AvgIpc) is 2.41. The van der Waals surface area contributed by atoms with Crippen molar-refractivity contribution in [2.75, 3.05) is 26.2 Å². The van der Waals surface area contributed by atoms with Crippen LogP contribution in [-0.4, -0.2) is 37.1 Å². The van der Waals surface area contributed by atoms with Crippen LogP contribution >= 0.6 is 0 Å². The minimum Gasteiger partial charge on any atom is -0.313 e. The lowest BCUT2D eigenvalue weighted by Crippen LogP contribution is -2.43. The smallest absolute Gasteiger partial charge is 0.0107 e. The van der Waals surface area contributed by atoms with E-state index in [1.54, 1.807) is 0 Å². The van der Waals surface area contributed by atoms with E-state index in [2.05, 4.69) is 54.4 Å². The van der Waals surface area contributed by atoms with Crippen LogP contribution in [0.3, 0.4) is 0 Å². The van der Waals surface area contributed by atoms with Crippen molar-refractivity contribution >= 4 is 0 Å². The normalized spacial score (nSPS) is 22.5. The molecule has 0 aromatic heterocycles. The van der Waals surface area contributed by atoms with Crippen molar-refractivity contribution in [2.24, 2.45) is 0 Å². The van der Waals surface area contributed by atoms with Gasteiger partial charge in [-0.3, -0.25) is 0 Å². The van der Waals surface area contributed by atoms with Gasteiger partial charge in [-0.05, 0) is 43.8 Å². The Kier molecular flexibility index (Phi) is 5.87. The summed E-state index contributed by atoms with van der Waals surface area (Å²) < 4.78 is 0. The van der Waals surface area contributed by atoms with Crippen LogP contribution in [0.1, 0.15) is 44.6 Å². The van der Waals surface area contributed by atoms with E-state index in [-0.39, 0.29) is 0 Å². The molecule has 1 aliphatic rings. The maximum absolute atomic E-state index is 3.70. The number of likely N-dealkylation sites (N-methyl/N-ethyl adjacent to an activating group) is 1. The molecule has 1 fully saturated rings. The lowest BCUT2D eigenvalue weighted by molar-refractivity contribution is 0.250. The Morgan fingerprint density at radius 3 is 2.47 bits per heavy atom. The predicted octanol–water partition coefficient (Wildman–Crippen LogP) is 3.25. The second-order valence-corrected chi connectivity index (χ2v) is 5.66.